The molecule has 0 fully saturated rings. The van der Waals surface area contributed by atoms with Crippen LogP contribution in [0.1, 0.15) is 33.4 Å². The van der Waals surface area contributed by atoms with Crippen LogP contribution in [0.2, 0.25) is 0 Å². The van der Waals surface area contributed by atoms with Gasteiger partial charge in [0.1, 0.15) is 17.2 Å². The molecule has 0 spiro atoms. The Morgan fingerprint density at radius 3 is 2.67 bits per heavy atom. The summed E-state index contributed by atoms with van der Waals surface area (Å²) in [7, 11) is 0. The molecule has 0 aliphatic heterocycles. The van der Waals surface area contributed by atoms with Crippen LogP contribution in [0.3, 0.4) is 0 Å². The molecule has 3 rings (SSSR count). The lowest BCUT2D eigenvalue weighted by Crippen LogP contribution is -2.17. The fourth-order valence-corrected chi connectivity index (χ4v) is 3.21. The molecule has 0 aliphatic rings. The van der Waals surface area contributed by atoms with Crippen molar-refractivity contribution in [2.24, 2.45) is 5.10 Å². The van der Waals surface area contributed by atoms with Crippen LogP contribution in [0, 0.1) is 0 Å². The van der Waals surface area contributed by atoms with Crippen LogP contribution in [0.25, 0.3) is 0 Å². The molecular formula is C20H20N4O2S. The van der Waals surface area contributed by atoms with E-state index in [1.54, 1.807) is 6.21 Å². The second-order valence-electron chi connectivity index (χ2n) is 5.72. The molecule has 1 heterocycles. The van der Waals surface area contributed by atoms with Crippen molar-refractivity contribution < 1.29 is 9.53 Å². The first kappa shape index (κ1) is 18.6. The van der Waals surface area contributed by atoms with Gasteiger partial charge in [-0.15, -0.1) is 0 Å². The first-order valence-corrected chi connectivity index (χ1v) is 9.32. The average Bonchev–Trinajstić information content (AvgIpc) is 3.09. The highest BCUT2D eigenvalue weighted by Crippen LogP contribution is 2.20. The van der Waals surface area contributed by atoms with Crippen LogP contribution >= 0.6 is 11.3 Å². The van der Waals surface area contributed by atoms with E-state index in [2.05, 4.69) is 15.5 Å². The molecule has 0 saturated carbocycles. The zero-order valence-corrected chi connectivity index (χ0v) is 15.7. The summed E-state index contributed by atoms with van der Waals surface area (Å²) < 4.78 is 5.74. The van der Waals surface area contributed by atoms with Crippen LogP contribution in [0.15, 0.2) is 59.7 Å². The van der Waals surface area contributed by atoms with E-state index in [9.17, 15) is 4.79 Å². The smallest absolute Gasteiger partial charge is 0.283 e. The third kappa shape index (κ3) is 5.15. The van der Waals surface area contributed by atoms with Gasteiger partial charge in [0.05, 0.1) is 11.9 Å². The second kappa shape index (κ2) is 8.95. The second-order valence-corrected chi connectivity index (χ2v) is 6.75. The molecule has 6 nitrogen and oxygen atoms in total. The van der Waals surface area contributed by atoms with Gasteiger partial charge in [0, 0.05) is 0 Å². The minimum absolute atomic E-state index is 0.305. The predicted octanol–water partition coefficient (Wildman–Crippen LogP) is 3.63. The number of thiazole rings is 1. The standard InChI is InChI=1S/C20H20N4O2S/c1-2-17-18(27-20(21)23-17)19(25)24-22-12-14-8-10-16(11-9-14)26-13-15-6-4-3-5-7-15/h3-12H,2,13H2,1H3,(H2,21,23)(H,24,25)/b22-12-. The van der Waals surface area contributed by atoms with E-state index < -0.39 is 0 Å². The van der Waals surface area contributed by atoms with Crippen molar-refractivity contribution >= 4 is 28.6 Å². The van der Waals surface area contributed by atoms with E-state index in [0.717, 1.165) is 28.2 Å². The molecular weight excluding hydrogens is 360 g/mol. The van der Waals surface area contributed by atoms with Gasteiger partial charge < -0.3 is 10.5 Å². The number of aromatic nitrogens is 1. The molecule has 0 radical (unpaired) electrons. The van der Waals surface area contributed by atoms with Gasteiger partial charge in [-0.3, -0.25) is 4.79 Å². The molecule has 0 saturated heterocycles. The average molecular weight is 380 g/mol. The molecule has 3 aromatic rings. The van der Waals surface area contributed by atoms with Gasteiger partial charge in [-0.25, -0.2) is 10.4 Å². The molecule has 1 amide bonds. The molecule has 3 N–H and O–H groups in total. The van der Waals surface area contributed by atoms with Gasteiger partial charge in [-0.05, 0) is 41.8 Å². The van der Waals surface area contributed by atoms with Crippen molar-refractivity contribution in [1.29, 1.82) is 0 Å². The topological polar surface area (TPSA) is 89.6 Å². The normalized spacial score (nSPS) is 10.9. The van der Waals surface area contributed by atoms with Gasteiger partial charge in [0.25, 0.3) is 5.91 Å². The van der Waals surface area contributed by atoms with Gasteiger partial charge in [-0.2, -0.15) is 5.10 Å². The molecule has 138 valence electrons. The van der Waals surface area contributed by atoms with E-state index >= 15 is 0 Å². The number of carbonyl (C=O) groups excluding carboxylic acids is 1. The molecule has 2 aromatic carbocycles. The van der Waals surface area contributed by atoms with Crippen molar-refractivity contribution in [1.82, 2.24) is 10.4 Å². The van der Waals surface area contributed by atoms with Gasteiger partial charge in [0.15, 0.2) is 5.13 Å². The van der Waals surface area contributed by atoms with Crippen molar-refractivity contribution in [3.05, 3.63) is 76.3 Å². The van der Waals surface area contributed by atoms with Crippen molar-refractivity contribution in [2.75, 3.05) is 5.73 Å². The number of hydrazone groups is 1. The van der Waals surface area contributed by atoms with E-state index in [0.29, 0.717) is 28.7 Å². The van der Waals surface area contributed by atoms with Gasteiger partial charge in [-0.1, -0.05) is 48.6 Å². The van der Waals surface area contributed by atoms with Crippen LogP contribution in [-0.2, 0) is 13.0 Å². The number of hydrogen-bond acceptors (Lipinski definition) is 6. The zero-order valence-electron chi connectivity index (χ0n) is 14.9. The predicted molar refractivity (Wildman–Crippen MR) is 108 cm³/mol. The number of carbonyl (C=O) groups is 1. The zero-order chi connectivity index (χ0) is 19.1. The molecule has 0 atom stereocenters. The largest absolute Gasteiger partial charge is 0.489 e. The number of amides is 1. The quantitative estimate of drug-likeness (QED) is 0.484. The number of anilines is 1. The Balaban J connectivity index is 1.54. The Morgan fingerprint density at radius 2 is 1.96 bits per heavy atom. The molecule has 0 unspecified atom stereocenters. The summed E-state index contributed by atoms with van der Waals surface area (Å²) >= 11 is 1.16. The summed E-state index contributed by atoms with van der Waals surface area (Å²) in [6.45, 7) is 2.44. The number of rotatable bonds is 7. The van der Waals surface area contributed by atoms with Crippen LogP contribution in [0.4, 0.5) is 5.13 Å². The maximum absolute atomic E-state index is 12.2. The van der Waals surface area contributed by atoms with Gasteiger partial charge >= 0.3 is 0 Å². The molecule has 7 heteroatoms. The van der Waals surface area contributed by atoms with Crippen molar-refractivity contribution in [3.63, 3.8) is 0 Å². The van der Waals surface area contributed by atoms with E-state index in [1.165, 1.54) is 0 Å². The Hall–Kier alpha value is -3.19. The summed E-state index contributed by atoms with van der Waals surface area (Å²) in [5.41, 5.74) is 10.8. The van der Waals surface area contributed by atoms with E-state index in [4.69, 9.17) is 10.5 Å². The lowest BCUT2D eigenvalue weighted by molar-refractivity contribution is 0.0958. The SMILES string of the molecule is CCc1nc(N)sc1C(=O)N/N=C\c1ccc(OCc2ccccc2)cc1. The third-order valence-corrected chi connectivity index (χ3v) is 4.69. The van der Waals surface area contributed by atoms with Crippen LogP contribution < -0.4 is 15.9 Å². The summed E-state index contributed by atoms with van der Waals surface area (Å²) in [5, 5.41) is 4.38. The number of nitrogen functional groups attached to an aromatic ring is 1. The first-order chi connectivity index (χ1) is 13.2. The van der Waals surface area contributed by atoms with E-state index in [-0.39, 0.29) is 5.91 Å². The number of aryl methyl sites for hydroxylation is 1. The molecule has 0 aliphatic carbocycles. The summed E-state index contributed by atoms with van der Waals surface area (Å²) in [6.07, 6.45) is 2.22. The van der Waals surface area contributed by atoms with Crippen molar-refractivity contribution in [3.8, 4) is 5.75 Å². The highest BCUT2D eigenvalue weighted by Gasteiger charge is 2.15. The summed E-state index contributed by atoms with van der Waals surface area (Å²) in [5.74, 6) is 0.466. The Labute approximate surface area is 161 Å². The highest BCUT2D eigenvalue weighted by atomic mass is 32.1. The number of nitrogens with two attached hydrogens (primary N) is 1. The minimum atomic E-state index is -0.305. The first-order valence-electron chi connectivity index (χ1n) is 8.51. The summed E-state index contributed by atoms with van der Waals surface area (Å²) in [6, 6.07) is 17.5. The number of hydrogen-bond donors (Lipinski definition) is 2. The monoisotopic (exact) mass is 380 g/mol. The van der Waals surface area contributed by atoms with Crippen LogP contribution in [-0.4, -0.2) is 17.1 Å². The Bertz CT molecular complexity index is 921. The highest BCUT2D eigenvalue weighted by molar-refractivity contribution is 7.17. The molecule has 1 aromatic heterocycles. The third-order valence-electron chi connectivity index (χ3n) is 3.76. The number of benzene rings is 2. The number of nitrogens with zero attached hydrogens (tertiary/aromatic N) is 2. The fraction of sp³-hybridized carbons (Fsp3) is 0.150. The maximum Gasteiger partial charge on any atom is 0.283 e. The van der Waals surface area contributed by atoms with E-state index in [1.807, 2.05) is 61.5 Å². The number of ether oxygens (including phenoxy) is 1. The molecule has 0 bridgehead atoms. The van der Waals surface area contributed by atoms with Gasteiger partial charge in [0.2, 0.25) is 0 Å². The minimum Gasteiger partial charge on any atom is -0.489 e. The van der Waals surface area contributed by atoms with Crippen molar-refractivity contribution in [2.45, 2.75) is 20.0 Å². The summed E-state index contributed by atoms with van der Waals surface area (Å²) in [4.78, 5) is 16.8. The Kier molecular flexibility index (Phi) is 6.17. The maximum atomic E-state index is 12.2. The van der Waals surface area contributed by atoms with Crippen LogP contribution in [0.5, 0.6) is 5.75 Å². The number of nitrogens with one attached hydrogen (secondary N) is 1. The lowest BCUT2D eigenvalue weighted by Gasteiger charge is -2.06. The fourth-order valence-electron chi connectivity index (χ4n) is 2.39. The Morgan fingerprint density at radius 1 is 1.22 bits per heavy atom. The lowest BCUT2D eigenvalue weighted by atomic mass is 10.2. The molecule has 27 heavy (non-hydrogen) atoms.